The molecule has 1 heterocycles. The molecule has 0 unspecified atom stereocenters. The number of nitrogens with one attached hydrogen (secondary N) is 1. The van der Waals surface area contributed by atoms with Crippen molar-refractivity contribution in [1.82, 2.24) is 0 Å². The Balaban J connectivity index is 2.16. The van der Waals surface area contributed by atoms with Crippen LogP contribution in [0.4, 0.5) is 11.4 Å². The van der Waals surface area contributed by atoms with Crippen molar-refractivity contribution in [2.75, 3.05) is 5.32 Å². The summed E-state index contributed by atoms with van der Waals surface area (Å²) in [5.74, 6) is -0.155. The second-order valence-corrected chi connectivity index (χ2v) is 7.42. The molecule has 0 spiro atoms. The topological polar surface area (TPSA) is 79.3 Å². The number of nitro groups is 1. The van der Waals surface area contributed by atoms with E-state index < -0.39 is 4.92 Å². The number of hydrogen-bond acceptors (Lipinski definition) is 4. The average Bonchev–Trinajstić information content (AvgIpc) is 2.71. The first-order chi connectivity index (χ1) is 14.3. The van der Waals surface area contributed by atoms with Gasteiger partial charge in [0.05, 0.1) is 4.92 Å². The first kappa shape index (κ1) is 21.1. The van der Waals surface area contributed by atoms with Crippen molar-refractivity contribution >= 4 is 40.0 Å². The van der Waals surface area contributed by atoms with Crippen molar-refractivity contribution < 1.29 is 14.6 Å². The van der Waals surface area contributed by atoms with Crippen LogP contribution in [0.5, 0.6) is 0 Å². The Morgan fingerprint density at radius 1 is 1.07 bits per heavy atom. The molecule has 2 aromatic carbocycles. The first-order valence-electron chi connectivity index (χ1n) is 9.32. The summed E-state index contributed by atoms with van der Waals surface area (Å²) in [5.41, 5.74) is 4.38. The molecule has 0 aliphatic carbocycles. The smallest absolute Gasteiger partial charge is 0.288 e. The van der Waals surface area contributed by atoms with E-state index in [1.165, 1.54) is 18.2 Å². The Bertz CT molecular complexity index is 1150. The maximum Gasteiger partial charge on any atom is 0.288 e. The van der Waals surface area contributed by atoms with E-state index in [-0.39, 0.29) is 11.4 Å². The lowest BCUT2D eigenvalue weighted by Gasteiger charge is -2.14. The molecule has 1 aromatic heterocycles. The molecule has 152 valence electrons. The molecule has 0 aliphatic rings. The summed E-state index contributed by atoms with van der Waals surface area (Å²) in [6.45, 7) is 5.88. The van der Waals surface area contributed by atoms with E-state index in [1.807, 2.05) is 57.3 Å². The lowest BCUT2D eigenvalue weighted by atomic mass is 10.1. The number of hydrogen-bond donors (Lipinski definition) is 2. The zero-order chi connectivity index (χ0) is 21.8. The van der Waals surface area contributed by atoms with Crippen molar-refractivity contribution in [2.24, 2.45) is 0 Å². The molecule has 3 aromatic rings. The Morgan fingerprint density at radius 2 is 1.73 bits per heavy atom. The number of para-hydroxylation sites is 1. The van der Waals surface area contributed by atoms with Crippen LogP contribution in [0.25, 0.3) is 11.5 Å². The molecule has 3 rings (SSSR count). The summed E-state index contributed by atoms with van der Waals surface area (Å²) < 4.78 is 1.71. The van der Waals surface area contributed by atoms with Gasteiger partial charge in [0.25, 0.3) is 11.4 Å². The van der Waals surface area contributed by atoms with Gasteiger partial charge in [-0.05, 0) is 38.0 Å². The van der Waals surface area contributed by atoms with E-state index in [4.69, 9.17) is 12.2 Å². The number of anilines is 1. The normalized spacial score (nSPS) is 11.6. The summed E-state index contributed by atoms with van der Waals surface area (Å²) in [6, 6.07) is 15.5. The number of aliphatic hydroxyl groups is 1. The molecule has 0 aliphatic heterocycles. The van der Waals surface area contributed by atoms with Gasteiger partial charge >= 0.3 is 0 Å². The van der Waals surface area contributed by atoms with Crippen molar-refractivity contribution in [3.8, 4) is 0 Å². The van der Waals surface area contributed by atoms with Gasteiger partial charge in [0.1, 0.15) is 0 Å². The fourth-order valence-corrected chi connectivity index (χ4v) is 3.47. The monoisotopic (exact) mass is 420 g/mol. The van der Waals surface area contributed by atoms with Crippen LogP contribution in [-0.2, 0) is 0 Å². The molecule has 30 heavy (non-hydrogen) atoms. The van der Waals surface area contributed by atoms with Gasteiger partial charge in [0.2, 0.25) is 0 Å². The third-order valence-corrected chi connectivity index (χ3v) is 4.99. The molecule has 6 nitrogen and oxygen atoms in total. The number of non-ortho nitro benzene ring substituents is 1. The lowest BCUT2D eigenvalue weighted by molar-refractivity contribution is -0.576. The molecule has 0 atom stereocenters. The predicted molar refractivity (Wildman–Crippen MR) is 122 cm³/mol. The maximum absolute atomic E-state index is 11.2. The largest absolute Gasteiger partial charge is 0.502 e. The quantitative estimate of drug-likeness (QED) is 0.149. The molecule has 0 saturated heterocycles. The minimum Gasteiger partial charge on any atom is -0.502 e. The number of thiocarbonyl (C=S) groups is 1. The molecule has 0 saturated carbocycles. The molecular formula is C23H22N3O3S+. The average molecular weight is 421 g/mol. The maximum atomic E-state index is 11.2. The number of aromatic nitrogens is 1. The molecule has 2 N–H and O–H groups in total. The Hall–Kier alpha value is -3.58. The summed E-state index contributed by atoms with van der Waals surface area (Å²) in [4.78, 5) is 11.0. The lowest BCUT2D eigenvalue weighted by Crippen LogP contribution is -2.39. The van der Waals surface area contributed by atoms with Crippen LogP contribution in [0, 0.1) is 30.9 Å². The van der Waals surface area contributed by atoms with Crippen LogP contribution in [0.2, 0.25) is 0 Å². The van der Waals surface area contributed by atoms with Crippen LogP contribution in [-0.4, -0.2) is 15.0 Å². The highest BCUT2D eigenvalue weighted by Gasteiger charge is 2.25. The van der Waals surface area contributed by atoms with Gasteiger partial charge in [-0.15, -0.1) is 0 Å². The number of aliphatic hydroxyl groups excluding tert-OH is 1. The van der Waals surface area contributed by atoms with E-state index in [1.54, 1.807) is 16.8 Å². The Morgan fingerprint density at radius 3 is 2.37 bits per heavy atom. The Kier molecular flexibility index (Phi) is 6.23. The van der Waals surface area contributed by atoms with Gasteiger partial charge in [0, 0.05) is 35.0 Å². The number of pyridine rings is 1. The molecule has 7 heteroatoms. The molecule has 0 radical (unpaired) electrons. The Labute approximate surface area is 180 Å². The van der Waals surface area contributed by atoms with Gasteiger partial charge in [-0.25, -0.2) is 0 Å². The van der Waals surface area contributed by atoms with Crippen LogP contribution >= 0.6 is 12.2 Å². The second kappa shape index (κ2) is 8.84. The fourth-order valence-electron chi connectivity index (χ4n) is 3.17. The summed E-state index contributed by atoms with van der Waals surface area (Å²) in [6.07, 6.45) is 3.61. The van der Waals surface area contributed by atoms with Gasteiger partial charge in [-0.2, -0.15) is 4.57 Å². The van der Waals surface area contributed by atoms with Crippen molar-refractivity contribution in [1.29, 1.82) is 0 Å². The highest BCUT2D eigenvalue weighted by molar-refractivity contribution is 7.81. The van der Waals surface area contributed by atoms with Crippen molar-refractivity contribution in [3.05, 3.63) is 99.4 Å². The zero-order valence-corrected chi connectivity index (χ0v) is 17.7. The van der Waals surface area contributed by atoms with Crippen LogP contribution in [0.1, 0.15) is 22.3 Å². The fraction of sp³-hybridized carbons (Fsp3) is 0.130. The van der Waals surface area contributed by atoms with Crippen LogP contribution < -0.4 is 9.88 Å². The van der Waals surface area contributed by atoms with E-state index in [9.17, 15) is 15.2 Å². The summed E-state index contributed by atoms with van der Waals surface area (Å²) in [5, 5.41) is 25.5. The van der Waals surface area contributed by atoms with E-state index >= 15 is 0 Å². The van der Waals surface area contributed by atoms with E-state index in [0.29, 0.717) is 16.2 Å². The van der Waals surface area contributed by atoms with Gasteiger partial charge < -0.3 is 10.4 Å². The van der Waals surface area contributed by atoms with Gasteiger partial charge in [-0.1, -0.05) is 42.5 Å². The number of aryl methyl sites for hydroxylation is 3. The third-order valence-electron chi connectivity index (χ3n) is 4.70. The SMILES string of the molecule is Cc1ccc[n+](C(C(=S)Nc2c(C)cccc2C)=C(O)c2cccc([N+](=O)[O-])c2)c1. The van der Waals surface area contributed by atoms with Crippen LogP contribution in [0.3, 0.4) is 0 Å². The highest BCUT2D eigenvalue weighted by Crippen LogP contribution is 2.25. The summed E-state index contributed by atoms with van der Waals surface area (Å²) >= 11 is 5.68. The van der Waals surface area contributed by atoms with Gasteiger partial charge in [-0.3, -0.25) is 10.1 Å². The standard InChI is InChI=1S/C23H21N3O3S/c1-15-7-6-12-25(14-15)21(22(27)18-10-5-11-19(13-18)26(28)29)23(30)24-20-16(2)8-4-9-17(20)3/h4-14H,1-3H3,(H-,24,27,30)/p+1. The summed E-state index contributed by atoms with van der Waals surface area (Å²) in [7, 11) is 0. The van der Waals surface area contributed by atoms with Crippen LogP contribution in [0.15, 0.2) is 67.0 Å². The highest BCUT2D eigenvalue weighted by atomic mass is 32.1. The van der Waals surface area contributed by atoms with Gasteiger partial charge in [0.15, 0.2) is 23.1 Å². The molecule has 0 amide bonds. The molecule has 0 bridgehead atoms. The number of nitro benzene ring substituents is 1. The second-order valence-electron chi connectivity index (χ2n) is 7.01. The number of rotatable bonds is 5. The molecular weight excluding hydrogens is 398 g/mol. The first-order valence-corrected chi connectivity index (χ1v) is 9.72. The third kappa shape index (κ3) is 4.52. The predicted octanol–water partition coefficient (Wildman–Crippen LogP) is 5.13. The van der Waals surface area contributed by atoms with E-state index in [2.05, 4.69) is 5.32 Å². The minimum atomic E-state index is -0.497. The number of benzene rings is 2. The van der Waals surface area contributed by atoms with Crippen molar-refractivity contribution in [3.63, 3.8) is 0 Å². The number of nitrogens with zero attached hydrogens (tertiary/aromatic N) is 2. The zero-order valence-electron chi connectivity index (χ0n) is 16.9. The minimum absolute atomic E-state index is 0.110. The van der Waals surface area contributed by atoms with Crippen molar-refractivity contribution in [2.45, 2.75) is 20.8 Å². The molecule has 0 fully saturated rings. The van der Waals surface area contributed by atoms with E-state index in [0.717, 1.165) is 22.4 Å².